The van der Waals surface area contributed by atoms with E-state index in [4.69, 9.17) is 10.1 Å². The molecule has 0 bridgehead atoms. The van der Waals surface area contributed by atoms with Gasteiger partial charge in [-0.2, -0.15) is 0 Å². The molecule has 2 aromatic heterocycles. The molecule has 0 N–H and O–H groups in total. The second kappa shape index (κ2) is 5.49. The van der Waals surface area contributed by atoms with Gasteiger partial charge in [0, 0.05) is 31.1 Å². The summed E-state index contributed by atoms with van der Waals surface area (Å²) in [6.07, 6.45) is 2.08. The lowest BCUT2D eigenvalue weighted by Crippen LogP contribution is -2.54. The first-order valence-corrected chi connectivity index (χ1v) is 8.89. The summed E-state index contributed by atoms with van der Waals surface area (Å²) in [6, 6.07) is 0.525. The van der Waals surface area contributed by atoms with E-state index in [1.165, 1.54) is 0 Å². The minimum absolute atomic E-state index is 0.0713. The quantitative estimate of drug-likeness (QED) is 0.852. The maximum Gasteiger partial charge on any atom is 0.214 e. The third-order valence-electron chi connectivity index (χ3n) is 4.44. The van der Waals surface area contributed by atoms with Gasteiger partial charge in [0.05, 0.1) is 11.9 Å². The predicted octanol–water partition coefficient (Wildman–Crippen LogP) is 2.86. The zero-order valence-electron chi connectivity index (χ0n) is 14.5. The maximum atomic E-state index is 4.81. The van der Waals surface area contributed by atoms with Crippen molar-refractivity contribution >= 4 is 21.4 Å². The van der Waals surface area contributed by atoms with Gasteiger partial charge < -0.3 is 9.80 Å². The minimum Gasteiger partial charge on any atom is -0.341 e. The van der Waals surface area contributed by atoms with Crippen molar-refractivity contribution in [2.24, 2.45) is 5.92 Å². The Morgan fingerprint density at radius 2 is 2.00 bits per heavy atom. The molecule has 0 spiro atoms. The average Bonchev–Trinajstić information content (AvgIpc) is 2.95. The molecule has 5 nitrogen and oxygen atoms in total. The molecule has 6 heteroatoms. The lowest BCUT2D eigenvalue weighted by Gasteiger charge is -2.41. The molecule has 0 aromatic carbocycles. The topological polar surface area (TPSA) is 36.7 Å². The van der Waals surface area contributed by atoms with Crippen LogP contribution in [0.3, 0.4) is 0 Å². The molecule has 0 saturated carbocycles. The average molecular weight is 321 g/mol. The molecular formula is C16H27N5S. The highest BCUT2D eigenvalue weighted by Gasteiger charge is 2.30. The van der Waals surface area contributed by atoms with E-state index in [0.717, 1.165) is 35.4 Å². The Balaban J connectivity index is 1.91. The van der Waals surface area contributed by atoms with Crippen molar-refractivity contribution in [3.63, 3.8) is 0 Å². The zero-order valence-corrected chi connectivity index (χ0v) is 15.3. The fourth-order valence-electron chi connectivity index (χ4n) is 2.93. The van der Waals surface area contributed by atoms with Crippen LogP contribution in [0.1, 0.15) is 40.3 Å². The summed E-state index contributed by atoms with van der Waals surface area (Å²) in [6.45, 7) is 14.4. The van der Waals surface area contributed by atoms with Crippen LogP contribution in [0.25, 0.3) is 4.96 Å². The maximum absolute atomic E-state index is 4.81. The van der Waals surface area contributed by atoms with Crippen molar-refractivity contribution in [1.29, 1.82) is 0 Å². The normalized spacial score (nSPS) is 21.2. The van der Waals surface area contributed by atoms with Gasteiger partial charge in [0.2, 0.25) is 10.1 Å². The third kappa shape index (κ3) is 2.86. The van der Waals surface area contributed by atoms with Gasteiger partial charge in [-0.1, -0.05) is 46.0 Å². The van der Waals surface area contributed by atoms with Crippen LogP contribution in [0.5, 0.6) is 0 Å². The molecule has 122 valence electrons. The van der Waals surface area contributed by atoms with Gasteiger partial charge in [-0.05, 0) is 13.0 Å². The molecule has 22 heavy (non-hydrogen) atoms. The molecule has 1 aliphatic rings. The van der Waals surface area contributed by atoms with E-state index in [1.807, 2.05) is 4.52 Å². The second-order valence-electron chi connectivity index (χ2n) is 7.75. The van der Waals surface area contributed by atoms with Crippen molar-refractivity contribution < 1.29 is 0 Å². The standard InChI is InChI=1S/C16H27N5S/c1-11(2)12-9-19(6)7-8-20(12)15-18-21-10-13(16(3,4)5)17-14(21)22-15/h10-12H,7-9H2,1-6H3. The molecule has 0 radical (unpaired) electrons. The molecule has 0 aliphatic carbocycles. The number of aromatic nitrogens is 3. The number of piperazine rings is 1. The number of imidazole rings is 1. The van der Waals surface area contributed by atoms with Gasteiger partial charge >= 0.3 is 0 Å². The van der Waals surface area contributed by atoms with Gasteiger partial charge in [-0.25, -0.2) is 9.50 Å². The van der Waals surface area contributed by atoms with Crippen LogP contribution >= 0.6 is 11.3 Å². The van der Waals surface area contributed by atoms with E-state index in [2.05, 4.69) is 57.7 Å². The van der Waals surface area contributed by atoms with Gasteiger partial charge in [0.1, 0.15) is 0 Å². The van der Waals surface area contributed by atoms with E-state index in [9.17, 15) is 0 Å². The summed E-state index contributed by atoms with van der Waals surface area (Å²) in [4.78, 5) is 10.7. The summed E-state index contributed by atoms with van der Waals surface area (Å²) >= 11 is 1.71. The largest absolute Gasteiger partial charge is 0.341 e. The third-order valence-corrected chi connectivity index (χ3v) is 5.40. The second-order valence-corrected chi connectivity index (χ2v) is 8.69. The van der Waals surface area contributed by atoms with Crippen LogP contribution in [0.15, 0.2) is 6.20 Å². The predicted molar refractivity (Wildman–Crippen MR) is 93.0 cm³/mol. The van der Waals surface area contributed by atoms with Crippen molar-refractivity contribution in [3.8, 4) is 0 Å². The summed E-state index contributed by atoms with van der Waals surface area (Å²) in [5.74, 6) is 0.615. The molecule has 1 fully saturated rings. The molecule has 3 rings (SSSR count). The summed E-state index contributed by atoms with van der Waals surface area (Å²) in [5, 5.41) is 5.91. The fraction of sp³-hybridized carbons (Fsp3) is 0.750. The molecule has 1 aliphatic heterocycles. The van der Waals surface area contributed by atoms with Crippen molar-refractivity contribution in [2.75, 3.05) is 31.6 Å². The van der Waals surface area contributed by atoms with Gasteiger partial charge in [-0.15, -0.1) is 5.10 Å². The smallest absolute Gasteiger partial charge is 0.214 e. The Morgan fingerprint density at radius 3 is 2.59 bits per heavy atom. The highest BCUT2D eigenvalue weighted by atomic mass is 32.1. The number of rotatable bonds is 2. The zero-order chi connectivity index (χ0) is 16.1. The Labute approximate surface area is 136 Å². The Morgan fingerprint density at radius 1 is 1.27 bits per heavy atom. The Hall–Kier alpha value is -1.14. The van der Waals surface area contributed by atoms with Crippen LogP contribution in [0.2, 0.25) is 0 Å². The molecule has 1 atom stereocenters. The van der Waals surface area contributed by atoms with Crippen LogP contribution in [0, 0.1) is 5.92 Å². The van der Waals surface area contributed by atoms with E-state index in [1.54, 1.807) is 11.3 Å². The molecular weight excluding hydrogens is 294 g/mol. The van der Waals surface area contributed by atoms with Crippen LogP contribution in [-0.4, -0.2) is 52.2 Å². The minimum atomic E-state index is 0.0713. The van der Waals surface area contributed by atoms with Crippen molar-refractivity contribution in [1.82, 2.24) is 19.5 Å². The number of anilines is 1. The van der Waals surface area contributed by atoms with Gasteiger partial charge in [-0.3, -0.25) is 0 Å². The summed E-state index contributed by atoms with van der Waals surface area (Å²) < 4.78 is 1.95. The fourth-order valence-corrected chi connectivity index (χ4v) is 3.90. The van der Waals surface area contributed by atoms with Gasteiger partial charge in [0.25, 0.3) is 0 Å². The molecule has 2 aromatic rings. The molecule has 0 amide bonds. The lowest BCUT2D eigenvalue weighted by molar-refractivity contribution is 0.236. The number of hydrogen-bond acceptors (Lipinski definition) is 5. The number of nitrogens with zero attached hydrogens (tertiary/aromatic N) is 5. The summed E-state index contributed by atoms with van der Waals surface area (Å²) in [7, 11) is 2.21. The molecule has 1 saturated heterocycles. The van der Waals surface area contributed by atoms with E-state index in [0.29, 0.717) is 12.0 Å². The SMILES string of the molecule is CC(C)C1CN(C)CCN1c1nn2cc(C(C)(C)C)nc2s1. The van der Waals surface area contributed by atoms with Gasteiger partial charge in [0.15, 0.2) is 0 Å². The summed E-state index contributed by atoms with van der Waals surface area (Å²) in [5.41, 5.74) is 1.18. The lowest BCUT2D eigenvalue weighted by atomic mass is 9.93. The van der Waals surface area contributed by atoms with E-state index < -0.39 is 0 Å². The molecule has 1 unspecified atom stereocenters. The van der Waals surface area contributed by atoms with E-state index >= 15 is 0 Å². The van der Waals surface area contributed by atoms with Crippen LogP contribution < -0.4 is 4.90 Å². The first-order valence-electron chi connectivity index (χ1n) is 8.07. The highest BCUT2D eigenvalue weighted by Crippen LogP contribution is 2.30. The Bertz CT molecular complexity index is 620. The van der Waals surface area contributed by atoms with Crippen molar-refractivity contribution in [3.05, 3.63) is 11.9 Å². The highest BCUT2D eigenvalue weighted by molar-refractivity contribution is 7.20. The number of fused-ring (bicyclic) bond motifs is 1. The van der Waals surface area contributed by atoms with E-state index in [-0.39, 0.29) is 5.41 Å². The first kappa shape index (κ1) is 15.7. The number of likely N-dealkylation sites (N-methyl/N-ethyl adjacent to an activating group) is 1. The van der Waals surface area contributed by atoms with Crippen LogP contribution in [-0.2, 0) is 5.41 Å². The Kier molecular flexibility index (Phi) is 3.93. The number of hydrogen-bond donors (Lipinski definition) is 0. The van der Waals surface area contributed by atoms with Crippen LogP contribution in [0.4, 0.5) is 5.13 Å². The van der Waals surface area contributed by atoms with Crippen molar-refractivity contribution in [2.45, 2.75) is 46.1 Å². The molecule has 3 heterocycles. The monoisotopic (exact) mass is 321 g/mol. The first-order chi connectivity index (χ1) is 10.3.